The lowest BCUT2D eigenvalue weighted by Crippen LogP contribution is -2.21. The van der Waals surface area contributed by atoms with E-state index in [2.05, 4.69) is 49.3 Å². The van der Waals surface area contributed by atoms with E-state index < -0.39 is 0 Å². The number of nitrogens with zero attached hydrogens (tertiary/aromatic N) is 1. The van der Waals surface area contributed by atoms with Gasteiger partial charge in [0.05, 0.1) is 10.7 Å². The Morgan fingerprint density at radius 1 is 1.40 bits per heavy atom. The van der Waals surface area contributed by atoms with Gasteiger partial charge in [-0.05, 0) is 44.0 Å². The summed E-state index contributed by atoms with van der Waals surface area (Å²) in [5.41, 5.74) is 2.31. The molecule has 1 atom stereocenters. The van der Waals surface area contributed by atoms with Crippen molar-refractivity contribution in [2.24, 2.45) is 0 Å². The van der Waals surface area contributed by atoms with Crippen LogP contribution >= 0.6 is 11.6 Å². The third-order valence-electron chi connectivity index (χ3n) is 3.43. The summed E-state index contributed by atoms with van der Waals surface area (Å²) < 4.78 is 5.08. The second-order valence-corrected chi connectivity index (χ2v) is 5.56. The molecule has 0 saturated heterocycles. The monoisotopic (exact) mass is 298 g/mol. The summed E-state index contributed by atoms with van der Waals surface area (Å²) in [6.45, 7) is 7.08. The van der Waals surface area contributed by atoms with E-state index in [-0.39, 0.29) is 0 Å². The molecule has 1 aromatic rings. The lowest BCUT2D eigenvalue weighted by molar-refractivity contribution is 0.196. The van der Waals surface area contributed by atoms with Crippen LogP contribution in [0.1, 0.15) is 38.3 Å². The zero-order chi connectivity index (χ0) is 15.0. The minimum absolute atomic E-state index is 0.334. The van der Waals surface area contributed by atoms with E-state index in [4.69, 9.17) is 16.3 Å². The maximum Gasteiger partial charge on any atom is 0.0642 e. The van der Waals surface area contributed by atoms with E-state index >= 15 is 0 Å². The summed E-state index contributed by atoms with van der Waals surface area (Å²) in [4.78, 5) is 2.18. The molecular formula is C16H27ClN2O. The number of hydrogen-bond acceptors (Lipinski definition) is 3. The molecule has 0 fully saturated rings. The van der Waals surface area contributed by atoms with Gasteiger partial charge in [-0.1, -0.05) is 24.6 Å². The van der Waals surface area contributed by atoms with Crippen molar-refractivity contribution in [1.29, 1.82) is 0 Å². The Balaban J connectivity index is 2.67. The standard InChI is InChI=1S/C16H27ClN2O/c1-5-9-18-13(2)14-7-8-16(15(17)12-14)19(3)10-6-11-20-4/h7-8,12-13,18H,5-6,9-11H2,1-4H3. The van der Waals surface area contributed by atoms with Gasteiger partial charge in [0.2, 0.25) is 0 Å². The van der Waals surface area contributed by atoms with Crippen molar-refractivity contribution < 1.29 is 4.74 Å². The molecule has 3 nitrogen and oxygen atoms in total. The van der Waals surface area contributed by atoms with E-state index in [0.29, 0.717) is 6.04 Å². The highest BCUT2D eigenvalue weighted by molar-refractivity contribution is 6.33. The van der Waals surface area contributed by atoms with Crippen molar-refractivity contribution >= 4 is 17.3 Å². The minimum atomic E-state index is 0.334. The lowest BCUT2D eigenvalue weighted by atomic mass is 10.1. The van der Waals surface area contributed by atoms with Crippen LogP contribution in [0.3, 0.4) is 0 Å². The summed E-state index contributed by atoms with van der Waals surface area (Å²) in [6.07, 6.45) is 2.14. The number of rotatable bonds is 9. The molecule has 1 unspecified atom stereocenters. The van der Waals surface area contributed by atoms with E-state index in [1.54, 1.807) is 7.11 Å². The van der Waals surface area contributed by atoms with Crippen LogP contribution in [0.4, 0.5) is 5.69 Å². The van der Waals surface area contributed by atoms with Gasteiger partial charge >= 0.3 is 0 Å². The van der Waals surface area contributed by atoms with Gasteiger partial charge in [0.15, 0.2) is 0 Å². The van der Waals surface area contributed by atoms with Crippen LogP contribution in [0.5, 0.6) is 0 Å². The Morgan fingerprint density at radius 2 is 2.15 bits per heavy atom. The van der Waals surface area contributed by atoms with Crippen LogP contribution in [0.2, 0.25) is 5.02 Å². The predicted octanol–water partition coefficient (Wildman–Crippen LogP) is 3.87. The van der Waals surface area contributed by atoms with Crippen molar-refractivity contribution in [3.8, 4) is 0 Å². The third kappa shape index (κ3) is 5.31. The van der Waals surface area contributed by atoms with Crippen LogP contribution < -0.4 is 10.2 Å². The molecule has 0 spiro atoms. The van der Waals surface area contributed by atoms with Crippen LogP contribution in [-0.2, 0) is 4.74 Å². The highest BCUT2D eigenvalue weighted by Crippen LogP contribution is 2.28. The Kier molecular flexibility index (Phi) is 7.97. The van der Waals surface area contributed by atoms with Crippen LogP contribution in [0, 0.1) is 0 Å². The van der Waals surface area contributed by atoms with E-state index in [1.807, 2.05) is 0 Å². The minimum Gasteiger partial charge on any atom is -0.385 e. The highest BCUT2D eigenvalue weighted by atomic mass is 35.5. The molecule has 1 rings (SSSR count). The molecule has 1 N–H and O–H groups in total. The number of benzene rings is 1. The molecule has 0 radical (unpaired) electrons. The molecule has 0 amide bonds. The average molecular weight is 299 g/mol. The summed E-state index contributed by atoms with van der Waals surface area (Å²) in [6, 6.07) is 6.66. The van der Waals surface area contributed by atoms with Crippen molar-refractivity contribution in [2.45, 2.75) is 32.7 Å². The van der Waals surface area contributed by atoms with Crippen LogP contribution in [0.15, 0.2) is 18.2 Å². The first-order valence-corrected chi connectivity index (χ1v) is 7.70. The molecule has 1 aromatic carbocycles. The maximum atomic E-state index is 6.41. The second kappa shape index (κ2) is 9.22. The fraction of sp³-hybridized carbons (Fsp3) is 0.625. The van der Waals surface area contributed by atoms with Gasteiger partial charge in [-0.2, -0.15) is 0 Å². The number of ether oxygens (including phenoxy) is 1. The van der Waals surface area contributed by atoms with Gasteiger partial charge in [0, 0.05) is 33.4 Å². The second-order valence-electron chi connectivity index (χ2n) is 5.15. The number of anilines is 1. The van der Waals surface area contributed by atoms with E-state index in [9.17, 15) is 0 Å². The summed E-state index contributed by atoms with van der Waals surface area (Å²) >= 11 is 6.41. The largest absolute Gasteiger partial charge is 0.385 e. The van der Waals surface area contributed by atoms with Gasteiger partial charge < -0.3 is 15.0 Å². The molecule has 0 bridgehead atoms. The first-order chi connectivity index (χ1) is 9.60. The predicted molar refractivity (Wildman–Crippen MR) is 87.9 cm³/mol. The molecule has 0 saturated carbocycles. The fourth-order valence-corrected chi connectivity index (χ4v) is 2.48. The Labute approximate surface area is 128 Å². The molecule has 0 aliphatic carbocycles. The van der Waals surface area contributed by atoms with Crippen molar-refractivity contribution in [1.82, 2.24) is 5.32 Å². The quantitative estimate of drug-likeness (QED) is 0.700. The highest BCUT2D eigenvalue weighted by Gasteiger charge is 2.10. The van der Waals surface area contributed by atoms with Gasteiger partial charge in [0.1, 0.15) is 0 Å². The molecule has 0 aromatic heterocycles. The number of nitrogens with one attached hydrogen (secondary N) is 1. The van der Waals surface area contributed by atoms with Gasteiger partial charge in [-0.15, -0.1) is 0 Å². The summed E-state index contributed by atoms with van der Waals surface area (Å²) in [7, 11) is 3.79. The number of halogens is 1. The molecule has 0 heterocycles. The molecule has 20 heavy (non-hydrogen) atoms. The summed E-state index contributed by atoms with van der Waals surface area (Å²) in [5, 5.41) is 4.29. The van der Waals surface area contributed by atoms with Gasteiger partial charge in [0.25, 0.3) is 0 Å². The normalized spacial score (nSPS) is 12.4. The average Bonchev–Trinajstić information content (AvgIpc) is 2.44. The first kappa shape index (κ1) is 17.3. The Hall–Kier alpha value is -0.770. The number of hydrogen-bond donors (Lipinski definition) is 1. The fourth-order valence-electron chi connectivity index (χ4n) is 2.15. The SMILES string of the molecule is CCCNC(C)c1ccc(N(C)CCCOC)c(Cl)c1. The molecule has 0 aliphatic rings. The van der Waals surface area contributed by atoms with Gasteiger partial charge in [-0.3, -0.25) is 0 Å². The van der Waals surface area contributed by atoms with Crippen molar-refractivity contribution in [2.75, 3.05) is 38.8 Å². The maximum absolute atomic E-state index is 6.41. The van der Waals surface area contributed by atoms with E-state index in [0.717, 1.165) is 43.2 Å². The van der Waals surface area contributed by atoms with Crippen molar-refractivity contribution in [3.63, 3.8) is 0 Å². The smallest absolute Gasteiger partial charge is 0.0642 e. The van der Waals surface area contributed by atoms with Gasteiger partial charge in [-0.25, -0.2) is 0 Å². The molecule has 4 heteroatoms. The lowest BCUT2D eigenvalue weighted by Gasteiger charge is -2.22. The topological polar surface area (TPSA) is 24.5 Å². The Morgan fingerprint density at radius 3 is 2.75 bits per heavy atom. The van der Waals surface area contributed by atoms with Crippen LogP contribution in [-0.4, -0.2) is 33.9 Å². The Bertz CT molecular complexity index is 398. The summed E-state index contributed by atoms with van der Waals surface area (Å²) in [5.74, 6) is 0. The molecule has 114 valence electrons. The first-order valence-electron chi connectivity index (χ1n) is 7.33. The van der Waals surface area contributed by atoms with Crippen molar-refractivity contribution in [3.05, 3.63) is 28.8 Å². The zero-order valence-electron chi connectivity index (χ0n) is 13.1. The van der Waals surface area contributed by atoms with E-state index in [1.165, 1.54) is 5.56 Å². The van der Waals surface area contributed by atoms with Crippen LogP contribution in [0.25, 0.3) is 0 Å². The number of methoxy groups -OCH3 is 1. The molecular weight excluding hydrogens is 272 g/mol. The zero-order valence-corrected chi connectivity index (χ0v) is 13.8. The third-order valence-corrected chi connectivity index (χ3v) is 3.73. The molecule has 0 aliphatic heterocycles.